The molecule has 108 valence electrons. The fourth-order valence-electron chi connectivity index (χ4n) is 1.50. The number of rotatable bonds is 6. The summed E-state index contributed by atoms with van der Waals surface area (Å²) in [5.74, 6) is 0.584. The zero-order valence-corrected chi connectivity index (χ0v) is 13.7. The molecule has 3 N–H and O–H groups in total. The summed E-state index contributed by atoms with van der Waals surface area (Å²) < 4.78 is 6.55. The molecule has 0 aliphatic carbocycles. The Morgan fingerprint density at radius 3 is 2.80 bits per heavy atom. The lowest BCUT2D eigenvalue weighted by Crippen LogP contribution is -2.14. The molecule has 0 saturated carbocycles. The summed E-state index contributed by atoms with van der Waals surface area (Å²) in [4.78, 5) is 13.4. The zero-order chi connectivity index (χ0) is 14.5. The van der Waals surface area contributed by atoms with Crippen molar-refractivity contribution < 1.29 is 4.74 Å². The highest BCUT2D eigenvalue weighted by Crippen LogP contribution is 2.22. The molecule has 20 heavy (non-hydrogen) atoms. The van der Waals surface area contributed by atoms with Crippen molar-refractivity contribution in [1.29, 1.82) is 0 Å². The van der Waals surface area contributed by atoms with Gasteiger partial charge in [-0.15, -0.1) is 11.3 Å². The van der Waals surface area contributed by atoms with E-state index in [2.05, 4.69) is 42.3 Å². The van der Waals surface area contributed by atoms with Gasteiger partial charge in [-0.25, -0.2) is 0 Å². The van der Waals surface area contributed by atoms with Gasteiger partial charge in [-0.3, -0.25) is 0 Å². The van der Waals surface area contributed by atoms with Gasteiger partial charge in [0.05, 0.1) is 9.89 Å². The van der Waals surface area contributed by atoms with Crippen LogP contribution in [0.25, 0.3) is 0 Å². The first-order valence-corrected chi connectivity index (χ1v) is 7.80. The fraction of sp³-hybridized carbons (Fsp3) is 0.417. The molecular formula is C12H16BrN5OS. The molecule has 8 heteroatoms. The highest BCUT2D eigenvalue weighted by molar-refractivity contribution is 9.11. The average molecular weight is 358 g/mol. The summed E-state index contributed by atoms with van der Waals surface area (Å²) in [7, 11) is 0. The van der Waals surface area contributed by atoms with Gasteiger partial charge in [-0.1, -0.05) is 0 Å². The summed E-state index contributed by atoms with van der Waals surface area (Å²) in [5, 5.41) is 3.13. The average Bonchev–Trinajstić information content (AvgIpc) is 2.73. The molecule has 0 amide bonds. The Morgan fingerprint density at radius 1 is 1.35 bits per heavy atom. The van der Waals surface area contributed by atoms with Crippen molar-refractivity contribution in [3.63, 3.8) is 0 Å². The number of nitrogens with zero attached hydrogens (tertiary/aromatic N) is 3. The summed E-state index contributed by atoms with van der Waals surface area (Å²) in [6.07, 6.45) is 0.885. The molecule has 2 rings (SSSR count). The van der Waals surface area contributed by atoms with E-state index in [-0.39, 0.29) is 18.1 Å². The van der Waals surface area contributed by atoms with Crippen LogP contribution in [0.4, 0.5) is 11.9 Å². The van der Waals surface area contributed by atoms with Gasteiger partial charge in [0.15, 0.2) is 0 Å². The van der Waals surface area contributed by atoms with Crippen molar-refractivity contribution in [2.24, 2.45) is 0 Å². The quantitative estimate of drug-likeness (QED) is 0.826. The number of ether oxygens (including phenoxy) is 1. The summed E-state index contributed by atoms with van der Waals surface area (Å²) in [6.45, 7) is 4.53. The standard InChI is InChI=1S/C12H16BrN5OS/c1-7(2)19-12-17-10(14)16-11(18-12)15-6-5-8-3-4-9(13)20-8/h3-4,7H,5-6H2,1-2H3,(H3,14,15,16,17,18). The third-order valence-electron chi connectivity index (χ3n) is 2.26. The first-order chi connectivity index (χ1) is 9.52. The van der Waals surface area contributed by atoms with Crippen molar-refractivity contribution in [1.82, 2.24) is 15.0 Å². The van der Waals surface area contributed by atoms with Crippen LogP contribution in [-0.4, -0.2) is 27.6 Å². The van der Waals surface area contributed by atoms with Crippen LogP contribution < -0.4 is 15.8 Å². The molecule has 0 atom stereocenters. The van der Waals surface area contributed by atoms with E-state index in [1.807, 2.05) is 19.9 Å². The van der Waals surface area contributed by atoms with Gasteiger partial charge in [-0.05, 0) is 48.3 Å². The van der Waals surface area contributed by atoms with Crippen LogP contribution in [0, 0.1) is 0 Å². The number of aromatic nitrogens is 3. The topological polar surface area (TPSA) is 86.0 Å². The lowest BCUT2D eigenvalue weighted by atomic mass is 10.3. The van der Waals surface area contributed by atoms with E-state index in [1.54, 1.807) is 11.3 Å². The lowest BCUT2D eigenvalue weighted by molar-refractivity contribution is 0.222. The number of halogens is 1. The van der Waals surface area contributed by atoms with Gasteiger partial charge in [-0.2, -0.15) is 15.0 Å². The van der Waals surface area contributed by atoms with Gasteiger partial charge in [0.1, 0.15) is 0 Å². The smallest absolute Gasteiger partial charge is 0.323 e. The molecule has 0 spiro atoms. The highest BCUT2D eigenvalue weighted by Gasteiger charge is 2.07. The van der Waals surface area contributed by atoms with E-state index in [9.17, 15) is 0 Å². The number of hydrogen-bond donors (Lipinski definition) is 2. The molecule has 0 saturated heterocycles. The lowest BCUT2D eigenvalue weighted by Gasteiger charge is -2.09. The monoisotopic (exact) mass is 357 g/mol. The van der Waals surface area contributed by atoms with Gasteiger partial charge < -0.3 is 15.8 Å². The number of anilines is 2. The molecule has 0 aromatic carbocycles. The van der Waals surface area contributed by atoms with Crippen molar-refractivity contribution in [3.8, 4) is 6.01 Å². The van der Waals surface area contributed by atoms with E-state index < -0.39 is 0 Å². The van der Waals surface area contributed by atoms with Gasteiger partial charge in [0, 0.05) is 11.4 Å². The Balaban J connectivity index is 1.93. The molecule has 0 unspecified atom stereocenters. The van der Waals surface area contributed by atoms with Crippen molar-refractivity contribution in [2.75, 3.05) is 17.6 Å². The first kappa shape index (κ1) is 15.0. The second-order valence-electron chi connectivity index (χ2n) is 4.35. The molecule has 0 aliphatic heterocycles. The molecule has 0 fully saturated rings. The van der Waals surface area contributed by atoms with Gasteiger partial charge in [0.25, 0.3) is 0 Å². The number of hydrogen-bond acceptors (Lipinski definition) is 7. The predicted molar refractivity (Wildman–Crippen MR) is 84.2 cm³/mol. The normalized spacial score (nSPS) is 10.8. The first-order valence-electron chi connectivity index (χ1n) is 6.19. The predicted octanol–water partition coefficient (Wildman–Crippen LogP) is 2.72. The van der Waals surface area contributed by atoms with Crippen LogP contribution in [-0.2, 0) is 6.42 Å². The van der Waals surface area contributed by atoms with Gasteiger partial charge >= 0.3 is 6.01 Å². The minimum atomic E-state index is -0.00637. The van der Waals surface area contributed by atoms with Crippen LogP contribution in [0.3, 0.4) is 0 Å². The number of nitrogens with one attached hydrogen (secondary N) is 1. The zero-order valence-electron chi connectivity index (χ0n) is 11.3. The second-order valence-corrected chi connectivity index (χ2v) is 6.90. The highest BCUT2D eigenvalue weighted by atomic mass is 79.9. The van der Waals surface area contributed by atoms with E-state index in [1.165, 1.54) is 4.88 Å². The molecule has 0 bridgehead atoms. The molecule has 0 aliphatic rings. The van der Waals surface area contributed by atoms with Crippen LogP contribution in [0.1, 0.15) is 18.7 Å². The molecule has 0 radical (unpaired) electrons. The minimum Gasteiger partial charge on any atom is -0.461 e. The minimum absolute atomic E-state index is 0.00637. The third-order valence-corrected chi connectivity index (χ3v) is 3.94. The number of nitrogen functional groups attached to an aromatic ring is 1. The SMILES string of the molecule is CC(C)Oc1nc(N)nc(NCCc2ccc(Br)s2)n1. The van der Waals surface area contributed by atoms with E-state index in [0.717, 1.165) is 16.8 Å². The van der Waals surface area contributed by atoms with Crippen LogP contribution in [0.2, 0.25) is 0 Å². The van der Waals surface area contributed by atoms with Crippen molar-refractivity contribution in [3.05, 3.63) is 20.8 Å². The van der Waals surface area contributed by atoms with Crippen LogP contribution in [0.5, 0.6) is 6.01 Å². The Hall–Kier alpha value is -1.41. The summed E-state index contributed by atoms with van der Waals surface area (Å²) >= 11 is 5.15. The second kappa shape index (κ2) is 6.85. The molecular weight excluding hydrogens is 342 g/mol. The molecule has 2 heterocycles. The van der Waals surface area contributed by atoms with Gasteiger partial charge in [0.2, 0.25) is 11.9 Å². The maximum Gasteiger partial charge on any atom is 0.323 e. The third kappa shape index (κ3) is 4.61. The largest absolute Gasteiger partial charge is 0.461 e. The van der Waals surface area contributed by atoms with E-state index in [4.69, 9.17) is 10.5 Å². The van der Waals surface area contributed by atoms with Crippen molar-refractivity contribution >= 4 is 39.2 Å². The number of nitrogens with two attached hydrogens (primary N) is 1. The fourth-order valence-corrected chi connectivity index (χ4v) is 2.98. The summed E-state index contributed by atoms with van der Waals surface area (Å²) in [6, 6.07) is 4.37. The Bertz CT molecular complexity index is 575. The van der Waals surface area contributed by atoms with Crippen LogP contribution in [0.15, 0.2) is 15.9 Å². The molecule has 2 aromatic rings. The Kier molecular flexibility index (Phi) is 5.13. The van der Waals surface area contributed by atoms with Crippen molar-refractivity contribution in [2.45, 2.75) is 26.4 Å². The van der Waals surface area contributed by atoms with E-state index in [0.29, 0.717) is 5.95 Å². The molecule has 6 nitrogen and oxygen atoms in total. The number of thiophene rings is 1. The molecule has 2 aromatic heterocycles. The van der Waals surface area contributed by atoms with Crippen LogP contribution >= 0.6 is 27.3 Å². The Morgan fingerprint density at radius 2 is 2.15 bits per heavy atom. The Labute approximate surface area is 129 Å². The maximum absolute atomic E-state index is 5.63. The maximum atomic E-state index is 5.63. The summed E-state index contributed by atoms with van der Waals surface area (Å²) in [5.41, 5.74) is 5.63. The van der Waals surface area contributed by atoms with E-state index >= 15 is 0 Å².